The van der Waals surface area contributed by atoms with E-state index in [4.69, 9.17) is 19.1 Å². The van der Waals surface area contributed by atoms with Gasteiger partial charge in [0.1, 0.15) is 0 Å². The molecule has 0 bridgehead atoms. The van der Waals surface area contributed by atoms with Crippen molar-refractivity contribution >= 4 is 35.6 Å². The quantitative estimate of drug-likeness (QED) is 0.650. The molecule has 0 saturated carbocycles. The van der Waals surface area contributed by atoms with Gasteiger partial charge < -0.3 is 24.3 Å². The van der Waals surface area contributed by atoms with E-state index in [1.807, 2.05) is 56.5 Å². The third kappa shape index (κ3) is 3.77. The zero-order valence-electron chi connectivity index (χ0n) is 18.5. The average molecular weight is 421 g/mol. The van der Waals surface area contributed by atoms with Crippen molar-refractivity contribution in [1.29, 1.82) is 0 Å². The van der Waals surface area contributed by atoms with Crippen molar-refractivity contribution in [2.75, 3.05) is 36.5 Å². The maximum atomic E-state index is 6.21. The molecule has 4 heterocycles. The molecule has 2 saturated heterocycles. The first-order valence-electron chi connectivity index (χ1n) is 10.7. The number of morpholine rings is 1. The summed E-state index contributed by atoms with van der Waals surface area (Å²) in [7, 11) is -0.483. The fourth-order valence-corrected chi connectivity index (χ4v) is 3.83. The highest BCUT2D eigenvalue weighted by atomic mass is 16.7. The summed E-state index contributed by atoms with van der Waals surface area (Å²) < 4.78 is 19.7. The van der Waals surface area contributed by atoms with Crippen molar-refractivity contribution in [2.24, 2.45) is 0 Å². The smallest absolute Gasteiger partial charge is 0.398 e. The van der Waals surface area contributed by atoms with Gasteiger partial charge in [0.05, 0.1) is 41.7 Å². The van der Waals surface area contributed by atoms with E-state index < -0.39 is 18.3 Å². The van der Waals surface area contributed by atoms with Crippen LogP contribution in [0.15, 0.2) is 42.6 Å². The van der Waals surface area contributed by atoms with Gasteiger partial charge in [0, 0.05) is 24.5 Å². The summed E-state index contributed by atoms with van der Waals surface area (Å²) in [6, 6.07) is 12.3. The molecule has 1 N–H and O–H groups in total. The monoisotopic (exact) mass is 421 g/mol. The van der Waals surface area contributed by atoms with E-state index in [-0.39, 0.29) is 0 Å². The van der Waals surface area contributed by atoms with Crippen molar-refractivity contribution in [2.45, 2.75) is 38.9 Å². The van der Waals surface area contributed by atoms with Gasteiger partial charge in [-0.2, -0.15) is 0 Å². The number of anilines is 3. The number of benzene rings is 1. The summed E-state index contributed by atoms with van der Waals surface area (Å²) in [5.41, 5.74) is 3.05. The van der Waals surface area contributed by atoms with Crippen molar-refractivity contribution in [3.05, 3.63) is 42.6 Å². The fraction of sp³-hybridized carbons (Fsp3) is 0.455. The van der Waals surface area contributed by atoms with E-state index >= 15 is 0 Å². The van der Waals surface area contributed by atoms with Crippen LogP contribution in [0.5, 0.6) is 0 Å². The first-order valence-corrected chi connectivity index (χ1v) is 10.7. The minimum atomic E-state index is -0.483. The SMILES string of the molecule is CC1(C)OB(c2ccc3cnc(Nc4ccc(N5CCOCC5)cc4)nn23)OC1(C)C. The molecule has 2 aromatic heterocycles. The molecule has 0 atom stereocenters. The lowest BCUT2D eigenvalue weighted by Gasteiger charge is -2.32. The Balaban J connectivity index is 1.36. The minimum Gasteiger partial charge on any atom is -0.398 e. The van der Waals surface area contributed by atoms with E-state index in [0.29, 0.717) is 5.95 Å². The molecular weight excluding hydrogens is 393 g/mol. The van der Waals surface area contributed by atoms with Crippen LogP contribution in [0, 0.1) is 0 Å². The number of aromatic nitrogens is 3. The van der Waals surface area contributed by atoms with Crippen molar-refractivity contribution in [3.63, 3.8) is 0 Å². The molecule has 2 fully saturated rings. The first kappa shape index (κ1) is 20.3. The van der Waals surface area contributed by atoms with Crippen LogP contribution in [-0.4, -0.2) is 59.2 Å². The molecule has 2 aliphatic heterocycles. The fourth-order valence-electron chi connectivity index (χ4n) is 3.83. The van der Waals surface area contributed by atoms with Crippen LogP contribution in [0.2, 0.25) is 0 Å². The van der Waals surface area contributed by atoms with Gasteiger partial charge in [0.25, 0.3) is 0 Å². The van der Waals surface area contributed by atoms with Crippen LogP contribution in [0.25, 0.3) is 5.52 Å². The molecule has 2 aliphatic rings. The molecule has 0 spiro atoms. The second-order valence-corrected chi connectivity index (χ2v) is 9.04. The van der Waals surface area contributed by atoms with E-state index in [1.165, 1.54) is 5.69 Å². The lowest BCUT2D eigenvalue weighted by molar-refractivity contribution is 0.00578. The zero-order valence-corrected chi connectivity index (χ0v) is 18.5. The minimum absolute atomic E-state index is 0.405. The van der Waals surface area contributed by atoms with Gasteiger partial charge in [-0.3, -0.25) is 0 Å². The predicted octanol–water partition coefficient (Wildman–Crippen LogP) is 2.61. The highest BCUT2D eigenvalue weighted by molar-refractivity contribution is 6.61. The highest BCUT2D eigenvalue weighted by Gasteiger charge is 2.52. The zero-order chi connectivity index (χ0) is 21.6. The van der Waals surface area contributed by atoms with Crippen LogP contribution < -0.4 is 15.8 Å². The van der Waals surface area contributed by atoms with Crippen LogP contribution in [0.4, 0.5) is 17.3 Å². The Morgan fingerprint density at radius 2 is 1.61 bits per heavy atom. The van der Waals surface area contributed by atoms with Crippen LogP contribution in [-0.2, 0) is 14.0 Å². The summed E-state index contributed by atoms with van der Waals surface area (Å²) in [5, 5.41) is 7.99. The molecule has 1 aromatic carbocycles. The molecular formula is C22H28BN5O3. The summed E-state index contributed by atoms with van der Waals surface area (Å²) in [4.78, 5) is 6.79. The summed E-state index contributed by atoms with van der Waals surface area (Å²) in [6.45, 7) is 11.6. The second-order valence-electron chi connectivity index (χ2n) is 9.04. The second kappa shape index (κ2) is 7.51. The lowest BCUT2D eigenvalue weighted by Crippen LogP contribution is -2.41. The summed E-state index contributed by atoms with van der Waals surface area (Å²) in [5.74, 6) is 0.514. The van der Waals surface area contributed by atoms with Crippen LogP contribution in [0.1, 0.15) is 27.7 Å². The van der Waals surface area contributed by atoms with Gasteiger partial charge in [0.2, 0.25) is 5.95 Å². The highest BCUT2D eigenvalue weighted by Crippen LogP contribution is 2.36. The Morgan fingerprint density at radius 3 is 2.29 bits per heavy atom. The van der Waals surface area contributed by atoms with Crippen LogP contribution in [0.3, 0.4) is 0 Å². The molecule has 0 unspecified atom stereocenters. The molecule has 8 nitrogen and oxygen atoms in total. The molecule has 31 heavy (non-hydrogen) atoms. The van der Waals surface area contributed by atoms with Gasteiger partial charge >= 0.3 is 7.12 Å². The number of fused-ring (bicyclic) bond motifs is 1. The normalized spacial score (nSPS) is 20.4. The molecule has 9 heteroatoms. The maximum Gasteiger partial charge on any atom is 0.514 e. The van der Waals surface area contributed by atoms with Gasteiger partial charge in [-0.1, -0.05) is 0 Å². The molecule has 0 amide bonds. The number of rotatable bonds is 4. The van der Waals surface area contributed by atoms with Gasteiger partial charge in [-0.05, 0) is 64.1 Å². The van der Waals surface area contributed by atoms with E-state index in [9.17, 15) is 0 Å². The lowest BCUT2D eigenvalue weighted by atomic mass is 9.85. The Bertz CT molecular complexity index is 1060. The Morgan fingerprint density at radius 1 is 0.935 bits per heavy atom. The van der Waals surface area contributed by atoms with Crippen LogP contribution >= 0.6 is 0 Å². The molecule has 3 aromatic rings. The number of nitrogens with one attached hydrogen (secondary N) is 1. The molecule has 162 valence electrons. The van der Waals surface area contributed by atoms with Gasteiger partial charge in [-0.15, -0.1) is 5.10 Å². The third-order valence-corrected chi connectivity index (χ3v) is 6.42. The predicted molar refractivity (Wildman–Crippen MR) is 121 cm³/mol. The number of hydrogen-bond acceptors (Lipinski definition) is 7. The van der Waals surface area contributed by atoms with Gasteiger partial charge in [0.15, 0.2) is 0 Å². The van der Waals surface area contributed by atoms with Crippen molar-refractivity contribution in [1.82, 2.24) is 14.6 Å². The van der Waals surface area contributed by atoms with E-state index in [1.54, 1.807) is 6.20 Å². The molecule has 0 aliphatic carbocycles. The van der Waals surface area contributed by atoms with E-state index in [0.717, 1.165) is 43.1 Å². The van der Waals surface area contributed by atoms with Gasteiger partial charge in [-0.25, -0.2) is 9.50 Å². The summed E-state index contributed by atoms with van der Waals surface area (Å²) >= 11 is 0. The topological polar surface area (TPSA) is 73.2 Å². The first-order chi connectivity index (χ1) is 14.8. The number of hydrogen-bond donors (Lipinski definition) is 1. The molecule has 0 radical (unpaired) electrons. The maximum absolute atomic E-state index is 6.21. The third-order valence-electron chi connectivity index (χ3n) is 6.42. The number of ether oxygens (including phenoxy) is 1. The number of nitrogens with zero attached hydrogens (tertiary/aromatic N) is 4. The van der Waals surface area contributed by atoms with Crippen molar-refractivity contribution < 1.29 is 14.0 Å². The van der Waals surface area contributed by atoms with Crippen molar-refractivity contribution in [3.8, 4) is 0 Å². The standard InChI is InChI=1S/C22H28BN5O3/c1-21(2)22(3,4)31-23(30-21)19-10-9-18-15-24-20(26-28(18)19)25-16-5-7-17(8-6-16)27-11-13-29-14-12-27/h5-10,15H,11-14H2,1-4H3,(H,25,26). The Labute approximate surface area is 182 Å². The average Bonchev–Trinajstić information content (AvgIpc) is 3.26. The Kier molecular flexibility index (Phi) is 4.92. The summed E-state index contributed by atoms with van der Waals surface area (Å²) in [6.07, 6.45) is 1.80. The Hall–Kier alpha value is -2.62. The van der Waals surface area contributed by atoms with E-state index in [2.05, 4.69) is 27.3 Å². The largest absolute Gasteiger partial charge is 0.514 e. The molecule has 5 rings (SSSR count).